The van der Waals surface area contributed by atoms with Gasteiger partial charge in [0.05, 0.1) is 45.8 Å². The first-order chi connectivity index (χ1) is 9.24. The molecule has 19 heavy (non-hydrogen) atoms. The highest BCUT2D eigenvalue weighted by Crippen LogP contribution is 2.08. The van der Waals surface area contributed by atoms with Gasteiger partial charge in [0.15, 0.2) is 5.69 Å². The van der Waals surface area contributed by atoms with Crippen molar-refractivity contribution in [3.63, 3.8) is 0 Å². The zero-order chi connectivity index (χ0) is 14.1. The van der Waals surface area contributed by atoms with Gasteiger partial charge in [-0.3, -0.25) is 0 Å². The molecule has 0 bridgehead atoms. The predicted octanol–water partition coefficient (Wildman–Crippen LogP) is -0.126. The number of hydrogen-bond donors (Lipinski definition) is 0. The van der Waals surface area contributed by atoms with Gasteiger partial charge in [-0.25, -0.2) is 9.48 Å². The minimum absolute atomic E-state index is 0.168. The van der Waals surface area contributed by atoms with E-state index in [1.54, 1.807) is 11.8 Å². The molecule has 0 saturated heterocycles. The van der Waals surface area contributed by atoms with Gasteiger partial charge in [-0.15, -0.1) is 5.10 Å². The van der Waals surface area contributed by atoms with Crippen LogP contribution in [0.3, 0.4) is 0 Å². The van der Waals surface area contributed by atoms with Crippen molar-refractivity contribution in [2.45, 2.75) is 13.2 Å². The standard InChI is InChI=1S/C11H19N3O5/c1-16-6-7-19-5-4-14-9(8-17-2)10(12-13-14)11(15)18-3/h4-8H2,1-3H3. The van der Waals surface area contributed by atoms with Crippen LogP contribution in [0.1, 0.15) is 16.2 Å². The lowest BCUT2D eigenvalue weighted by Crippen LogP contribution is -2.14. The lowest BCUT2D eigenvalue weighted by Gasteiger charge is -2.07. The number of carbonyl (C=O) groups excluding carboxylic acids is 1. The van der Waals surface area contributed by atoms with Gasteiger partial charge >= 0.3 is 5.97 Å². The smallest absolute Gasteiger partial charge is 0.360 e. The summed E-state index contributed by atoms with van der Waals surface area (Å²) in [4.78, 5) is 11.5. The Hall–Kier alpha value is -1.51. The normalized spacial score (nSPS) is 10.7. The van der Waals surface area contributed by atoms with E-state index in [9.17, 15) is 4.79 Å². The molecule has 1 aromatic rings. The second-order valence-corrected chi connectivity index (χ2v) is 3.64. The fourth-order valence-corrected chi connectivity index (χ4v) is 1.44. The van der Waals surface area contributed by atoms with Gasteiger partial charge in [0.2, 0.25) is 0 Å². The number of hydrogen-bond acceptors (Lipinski definition) is 7. The van der Waals surface area contributed by atoms with Gasteiger partial charge in [-0.2, -0.15) is 0 Å². The molecule has 0 aliphatic carbocycles. The van der Waals surface area contributed by atoms with Crippen LogP contribution in [-0.2, 0) is 32.1 Å². The number of methoxy groups -OCH3 is 3. The van der Waals surface area contributed by atoms with E-state index >= 15 is 0 Å². The summed E-state index contributed by atoms with van der Waals surface area (Å²) in [5.41, 5.74) is 0.742. The zero-order valence-electron chi connectivity index (χ0n) is 11.4. The van der Waals surface area contributed by atoms with E-state index < -0.39 is 5.97 Å². The van der Waals surface area contributed by atoms with Gasteiger partial charge in [0.25, 0.3) is 0 Å². The first-order valence-electron chi connectivity index (χ1n) is 5.80. The Morgan fingerprint density at radius 1 is 1.16 bits per heavy atom. The summed E-state index contributed by atoms with van der Waals surface area (Å²) in [5, 5.41) is 7.69. The van der Waals surface area contributed by atoms with Crippen LogP contribution < -0.4 is 0 Å². The van der Waals surface area contributed by atoms with Crippen LogP contribution in [0.2, 0.25) is 0 Å². The van der Waals surface area contributed by atoms with Crippen molar-refractivity contribution in [3.05, 3.63) is 11.4 Å². The maximum Gasteiger partial charge on any atom is 0.360 e. The number of aromatic nitrogens is 3. The Bertz CT molecular complexity index is 394. The highest BCUT2D eigenvalue weighted by atomic mass is 16.5. The van der Waals surface area contributed by atoms with E-state index in [1.807, 2.05) is 0 Å². The summed E-state index contributed by atoms with van der Waals surface area (Å²) in [7, 11) is 4.44. The van der Waals surface area contributed by atoms with Crippen LogP contribution in [0.15, 0.2) is 0 Å². The van der Waals surface area contributed by atoms with Crippen molar-refractivity contribution in [3.8, 4) is 0 Å². The summed E-state index contributed by atoms with van der Waals surface area (Å²) < 4.78 is 21.4. The third-order valence-corrected chi connectivity index (χ3v) is 2.38. The molecule has 0 aliphatic heterocycles. The molecule has 0 radical (unpaired) electrons. The number of esters is 1. The summed E-state index contributed by atoms with van der Waals surface area (Å²) in [5.74, 6) is -0.529. The molecule has 1 aromatic heterocycles. The molecule has 0 saturated carbocycles. The molecule has 0 aromatic carbocycles. The summed E-state index contributed by atoms with van der Waals surface area (Å²) in [6.45, 7) is 2.20. The van der Waals surface area contributed by atoms with Crippen molar-refractivity contribution >= 4 is 5.97 Å². The minimum Gasteiger partial charge on any atom is -0.464 e. The van der Waals surface area contributed by atoms with Gasteiger partial charge in [0, 0.05) is 14.2 Å². The highest BCUT2D eigenvalue weighted by Gasteiger charge is 2.19. The van der Waals surface area contributed by atoms with Crippen molar-refractivity contribution in [2.75, 3.05) is 41.2 Å². The summed E-state index contributed by atoms with van der Waals surface area (Å²) >= 11 is 0. The van der Waals surface area contributed by atoms with Gasteiger partial charge in [-0.1, -0.05) is 5.21 Å². The molecule has 0 atom stereocenters. The van der Waals surface area contributed by atoms with E-state index in [2.05, 4.69) is 15.0 Å². The maximum atomic E-state index is 11.5. The Kier molecular flexibility index (Phi) is 7.01. The molecule has 0 unspecified atom stereocenters. The Morgan fingerprint density at radius 2 is 1.95 bits per heavy atom. The number of ether oxygens (including phenoxy) is 4. The van der Waals surface area contributed by atoms with E-state index in [0.29, 0.717) is 32.1 Å². The van der Waals surface area contributed by atoms with Gasteiger partial charge in [0.1, 0.15) is 0 Å². The van der Waals surface area contributed by atoms with Crippen LogP contribution >= 0.6 is 0 Å². The highest BCUT2D eigenvalue weighted by molar-refractivity contribution is 5.88. The van der Waals surface area contributed by atoms with Crippen LogP contribution in [0.4, 0.5) is 0 Å². The molecular formula is C11H19N3O5. The first kappa shape index (κ1) is 15.5. The molecule has 0 aliphatic rings. The Morgan fingerprint density at radius 3 is 2.58 bits per heavy atom. The summed E-state index contributed by atoms with van der Waals surface area (Å²) in [6, 6.07) is 0. The fourth-order valence-electron chi connectivity index (χ4n) is 1.44. The predicted molar refractivity (Wildman–Crippen MR) is 64.8 cm³/mol. The molecule has 108 valence electrons. The third-order valence-electron chi connectivity index (χ3n) is 2.38. The minimum atomic E-state index is -0.529. The second-order valence-electron chi connectivity index (χ2n) is 3.64. The molecule has 8 nitrogen and oxygen atoms in total. The molecule has 0 fully saturated rings. The topological polar surface area (TPSA) is 84.7 Å². The SMILES string of the molecule is COCCOCCn1nnc(C(=O)OC)c1COC. The van der Waals surface area contributed by atoms with E-state index in [1.165, 1.54) is 14.2 Å². The van der Waals surface area contributed by atoms with E-state index in [0.717, 1.165) is 0 Å². The maximum absolute atomic E-state index is 11.5. The number of rotatable bonds is 9. The summed E-state index contributed by atoms with van der Waals surface area (Å²) in [6.07, 6.45) is 0. The molecule has 1 heterocycles. The molecule has 0 spiro atoms. The lowest BCUT2D eigenvalue weighted by molar-refractivity contribution is 0.0585. The molecule has 0 amide bonds. The zero-order valence-corrected chi connectivity index (χ0v) is 11.4. The van der Waals surface area contributed by atoms with E-state index in [4.69, 9.17) is 14.2 Å². The van der Waals surface area contributed by atoms with Crippen LogP contribution in [-0.4, -0.2) is 62.1 Å². The quantitative estimate of drug-likeness (QED) is 0.458. The van der Waals surface area contributed by atoms with Crippen molar-refractivity contribution in [1.29, 1.82) is 0 Å². The largest absolute Gasteiger partial charge is 0.464 e. The second kappa shape index (κ2) is 8.57. The fraction of sp³-hybridized carbons (Fsp3) is 0.727. The third kappa shape index (κ3) is 4.58. The van der Waals surface area contributed by atoms with Crippen LogP contribution in [0.25, 0.3) is 0 Å². The van der Waals surface area contributed by atoms with Crippen LogP contribution in [0, 0.1) is 0 Å². The van der Waals surface area contributed by atoms with Gasteiger partial charge in [-0.05, 0) is 0 Å². The number of carbonyl (C=O) groups is 1. The van der Waals surface area contributed by atoms with Crippen molar-refractivity contribution in [2.24, 2.45) is 0 Å². The lowest BCUT2D eigenvalue weighted by atomic mass is 10.3. The average Bonchev–Trinajstić information content (AvgIpc) is 2.81. The Balaban J connectivity index is 2.61. The Labute approximate surface area is 111 Å². The monoisotopic (exact) mass is 273 g/mol. The molecule has 1 rings (SSSR count). The van der Waals surface area contributed by atoms with Gasteiger partial charge < -0.3 is 18.9 Å². The van der Waals surface area contributed by atoms with E-state index in [-0.39, 0.29) is 12.3 Å². The molecule has 8 heteroatoms. The number of nitrogens with zero attached hydrogens (tertiary/aromatic N) is 3. The average molecular weight is 273 g/mol. The molecule has 0 N–H and O–H groups in total. The van der Waals surface area contributed by atoms with Crippen molar-refractivity contribution < 1.29 is 23.7 Å². The molecular weight excluding hydrogens is 254 g/mol. The van der Waals surface area contributed by atoms with Crippen molar-refractivity contribution in [1.82, 2.24) is 15.0 Å². The van der Waals surface area contributed by atoms with Crippen LogP contribution in [0.5, 0.6) is 0 Å². The first-order valence-corrected chi connectivity index (χ1v) is 5.80.